The van der Waals surface area contributed by atoms with E-state index >= 15 is 0 Å². The van der Waals surface area contributed by atoms with Gasteiger partial charge in [-0.2, -0.15) is 0 Å². The maximum absolute atomic E-state index is 5.86. The zero-order chi connectivity index (χ0) is 12.3. The number of rotatable bonds is 5. The lowest BCUT2D eigenvalue weighted by molar-refractivity contribution is 0.227. The number of hydrogen-bond acceptors (Lipinski definition) is 2. The molecule has 0 atom stereocenters. The highest BCUT2D eigenvalue weighted by Crippen LogP contribution is 2.27. The summed E-state index contributed by atoms with van der Waals surface area (Å²) < 4.78 is 1.37. The molecule has 1 nitrogen and oxygen atoms in total. The third-order valence-corrected chi connectivity index (χ3v) is 4.22. The van der Waals surface area contributed by atoms with Crippen LogP contribution in [0, 0.1) is 0 Å². The topological polar surface area (TPSA) is 3.24 Å². The monoisotopic (exact) mass is 267 g/mol. The summed E-state index contributed by atoms with van der Waals surface area (Å²) in [7, 11) is 0. The molecule has 0 saturated heterocycles. The molecule has 0 spiro atoms. The molecule has 0 bridgehead atoms. The van der Waals surface area contributed by atoms with Crippen LogP contribution in [0.5, 0.6) is 0 Å². The molecule has 1 aromatic carbocycles. The first-order valence-corrected chi connectivity index (χ1v) is 7.39. The molecule has 0 saturated carbocycles. The fourth-order valence-corrected chi connectivity index (χ4v) is 3.17. The zero-order valence-electron chi connectivity index (χ0n) is 10.3. The number of thiophene rings is 1. The van der Waals surface area contributed by atoms with Gasteiger partial charge in [0.1, 0.15) is 0 Å². The molecule has 0 aliphatic heterocycles. The zero-order valence-corrected chi connectivity index (χ0v) is 11.9. The first kappa shape index (κ1) is 12.9. The molecule has 2 rings (SSSR count). The van der Waals surface area contributed by atoms with Gasteiger partial charge in [-0.3, -0.25) is 4.90 Å². The Morgan fingerprint density at radius 3 is 2.76 bits per heavy atom. The Labute approximate surface area is 112 Å². The molecule has 0 unspecified atom stereocenters. The smallest absolute Gasteiger partial charge is 0.0351 e. The standard InChI is InChI=1S/C14H18ClNS/c1-11(2)16(8-7-15)9-12-10-17-14-6-4-3-5-13(12)14/h3-6,10-11H,7-9H2,1-2H3. The van der Waals surface area contributed by atoms with Crippen LogP contribution >= 0.6 is 22.9 Å². The maximum Gasteiger partial charge on any atom is 0.0351 e. The van der Waals surface area contributed by atoms with Crippen molar-refractivity contribution in [2.45, 2.75) is 26.4 Å². The molecular weight excluding hydrogens is 250 g/mol. The number of fused-ring (bicyclic) bond motifs is 1. The van der Waals surface area contributed by atoms with Crippen molar-refractivity contribution in [3.8, 4) is 0 Å². The third kappa shape index (κ3) is 3.01. The SMILES string of the molecule is CC(C)N(CCCl)Cc1csc2ccccc12. The summed E-state index contributed by atoms with van der Waals surface area (Å²) in [6.07, 6.45) is 0. The molecule has 0 aliphatic rings. The summed E-state index contributed by atoms with van der Waals surface area (Å²) in [4.78, 5) is 2.42. The Bertz CT molecular complexity index is 478. The second-order valence-electron chi connectivity index (χ2n) is 4.51. The Morgan fingerprint density at radius 1 is 1.29 bits per heavy atom. The highest BCUT2D eigenvalue weighted by molar-refractivity contribution is 7.17. The molecule has 0 radical (unpaired) electrons. The van der Waals surface area contributed by atoms with Crippen molar-refractivity contribution >= 4 is 33.0 Å². The van der Waals surface area contributed by atoms with Gasteiger partial charge in [0.05, 0.1) is 0 Å². The Hall–Kier alpha value is -0.570. The lowest BCUT2D eigenvalue weighted by atomic mass is 10.1. The molecule has 0 fully saturated rings. The highest BCUT2D eigenvalue weighted by atomic mass is 35.5. The largest absolute Gasteiger partial charge is 0.295 e. The minimum absolute atomic E-state index is 0.535. The van der Waals surface area contributed by atoms with E-state index in [1.54, 1.807) is 0 Å². The average Bonchev–Trinajstić information content (AvgIpc) is 2.72. The second kappa shape index (κ2) is 5.85. The summed E-state index contributed by atoms with van der Waals surface area (Å²) in [6.45, 7) is 6.39. The van der Waals surface area contributed by atoms with E-state index in [2.05, 4.69) is 48.4 Å². The third-order valence-electron chi connectivity index (χ3n) is 3.04. The van der Waals surface area contributed by atoms with Crippen LogP contribution in [-0.4, -0.2) is 23.4 Å². The van der Waals surface area contributed by atoms with Crippen molar-refractivity contribution in [1.82, 2.24) is 4.90 Å². The summed E-state index contributed by atoms with van der Waals surface area (Å²) >= 11 is 7.69. The first-order valence-electron chi connectivity index (χ1n) is 5.97. The summed E-state index contributed by atoms with van der Waals surface area (Å²) in [5, 5.41) is 3.66. The number of nitrogens with zero attached hydrogens (tertiary/aromatic N) is 1. The van der Waals surface area contributed by atoms with Crippen LogP contribution in [0.4, 0.5) is 0 Å². The van der Waals surface area contributed by atoms with Gasteiger partial charge in [-0.05, 0) is 36.2 Å². The predicted octanol–water partition coefficient (Wildman–Crippen LogP) is 4.35. The average molecular weight is 268 g/mol. The van der Waals surface area contributed by atoms with Crippen molar-refractivity contribution in [3.05, 3.63) is 35.2 Å². The summed E-state index contributed by atoms with van der Waals surface area (Å²) in [5.74, 6) is 0.695. The molecule has 2 aromatic rings. The van der Waals surface area contributed by atoms with E-state index in [-0.39, 0.29) is 0 Å². The minimum Gasteiger partial charge on any atom is -0.295 e. The van der Waals surface area contributed by atoms with Gasteiger partial charge in [-0.15, -0.1) is 22.9 Å². The van der Waals surface area contributed by atoms with Crippen LogP contribution in [0.15, 0.2) is 29.6 Å². The van der Waals surface area contributed by atoms with Crippen LogP contribution in [0.1, 0.15) is 19.4 Å². The molecule has 3 heteroatoms. The molecule has 1 heterocycles. The van der Waals surface area contributed by atoms with Crippen molar-refractivity contribution in [3.63, 3.8) is 0 Å². The molecular formula is C14H18ClNS. The molecule has 0 aliphatic carbocycles. The highest BCUT2D eigenvalue weighted by Gasteiger charge is 2.12. The van der Waals surface area contributed by atoms with Crippen molar-refractivity contribution in [1.29, 1.82) is 0 Å². The molecule has 17 heavy (non-hydrogen) atoms. The van der Waals surface area contributed by atoms with E-state index in [0.717, 1.165) is 13.1 Å². The number of alkyl halides is 1. The number of benzene rings is 1. The number of halogens is 1. The van der Waals surface area contributed by atoms with E-state index in [0.29, 0.717) is 11.9 Å². The van der Waals surface area contributed by atoms with E-state index in [9.17, 15) is 0 Å². The molecule has 0 amide bonds. The van der Waals surface area contributed by atoms with Crippen LogP contribution < -0.4 is 0 Å². The van der Waals surface area contributed by atoms with Crippen LogP contribution in [-0.2, 0) is 6.54 Å². The van der Waals surface area contributed by atoms with Crippen LogP contribution in [0.2, 0.25) is 0 Å². The van der Waals surface area contributed by atoms with Gasteiger partial charge in [-0.1, -0.05) is 18.2 Å². The van der Waals surface area contributed by atoms with E-state index in [4.69, 9.17) is 11.6 Å². The molecule has 1 aromatic heterocycles. The second-order valence-corrected chi connectivity index (χ2v) is 5.80. The Balaban J connectivity index is 2.22. The summed E-state index contributed by atoms with van der Waals surface area (Å²) in [5.41, 5.74) is 1.42. The number of hydrogen-bond donors (Lipinski definition) is 0. The minimum atomic E-state index is 0.535. The van der Waals surface area contributed by atoms with E-state index < -0.39 is 0 Å². The molecule has 92 valence electrons. The summed E-state index contributed by atoms with van der Waals surface area (Å²) in [6, 6.07) is 9.14. The van der Waals surface area contributed by atoms with Gasteiger partial charge in [0.25, 0.3) is 0 Å². The van der Waals surface area contributed by atoms with Crippen LogP contribution in [0.25, 0.3) is 10.1 Å². The van der Waals surface area contributed by atoms with Gasteiger partial charge in [0, 0.05) is 29.7 Å². The van der Waals surface area contributed by atoms with Gasteiger partial charge in [-0.25, -0.2) is 0 Å². The lowest BCUT2D eigenvalue weighted by Crippen LogP contribution is -2.31. The Morgan fingerprint density at radius 2 is 2.06 bits per heavy atom. The Kier molecular flexibility index (Phi) is 4.43. The van der Waals surface area contributed by atoms with Gasteiger partial charge >= 0.3 is 0 Å². The fraction of sp³-hybridized carbons (Fsp3) is 0.429. The van der Waals surface area contributed by atoms with Crippen molar-refractivity contribution in [2.24, 2.45) is 0 Å². The first-order chi connectivity index (χ1) is 8.22. The maximum atomic E-state index is 5.86. The normalized spacial score (nSPS) is 11.8. The van der Waals surface area contributed by atoms with Gasteiger partial charge < -0.3 is 0 Å². The van der Waals surface area contributed by atoms with Crippen molar-refractivity contribution in [2.75, 3.05) is 12.4 Å². The lowest BCUT2D eigenvalue weighted by Gasteiger charge is -2.25. The quantitative estimate of drug-likeness (QED) is 0.728. The van der Waals surface area contributed by atoms with Gasteiger partial charge in [0.2, 0.25) is 0 Å². The van der Waals surface area contributed by atoms with E-state index in [1.807, 2.05) is 11.3 Å². The fourth-order valence-electron chi connectivity index (χ4n) is 2.00. The predicted molar refractivity (Wildman–Crippen MR) is 78.1 cm³/mol. The van der Waals surface area contributed by atoms with E-state index in [1.165, 1.54) is 15.6 Å². The molecule has 0 N–H and O–H groups in total. The van der Waals surface area contributed by atoms with Crippen LogP contribution in [0.3, 0.4) is 0 Å². The van der Waals surface area contributed by atoms with Crippen molar-refractivity contribution < 1.29 is 0 Å². The van der Waals surface area contributed by atoms with Gasteiger partial charge in [0.15, 0.2) is 0 Å².